The first-order valence-corrected chi connectivity index (χ1v) is 10.3. The number of fused-ring (bicyclic) bond motifs is 1. The number of rotatable bonds is 3. The molecule has 0 spiro atoms. The number of amides is 1. The molecule has 0 bridgehead atoms. The fourth-order valence-electron chi connectivity index (χ4n) is 3.26. The minimum Gasteiger partial charge on any atom is -0.266 e. The predicted molar refractivity (Wildman–Crippen MR) is 108 cm³/mol. The minimum absolute atomic E-state index is 0.0699. The number of carbonyl (C=O) groups excluding carboxylic acids is 1. The van der Waals surface area contributed by atoms with E-state index in [2.05, 4.69) is 15.3 Å². The molecule has 0 N–H and O–H groups in total. The van der Waals surface area contributed by atoms with Crippen molar-refractivity contribution in [3.63, 3.8) is 0 Å². The number of carbonyl (C=O) groups is 1. The lowest BCUT2D eigenvalue weighted by molar-refractivity contribution is 0.0716. The third-order valence-corrected chi connectivity index (χ3v) is 6.12. The molecule has 1 aliphatic heterocycles. The van der Waals surface area contributed by atoms with E-state index in [0.29, 0.717) is 11.3 Å². The highest BCUT2D eigenvalue weighted by Crippen LogP contribution is 2.35. The molecule has 5 nitrogen and oxygen atoms in total. The molecule has 1 aliphatic rings. The molecule has 0 unspecified atom stereocenters. The molecule has 1 amide bonds. The van der Waals surface area contributed by atoms with Gasteiger partial charge in [-0.3, -0.25) is 14.8 Å². The summed E-state index contributed by atoms with van der Waals surface area (Å²) in [5.74, 6) is -0.0699. The van der Waals surface area contributed by atoms with E-state index in [9.17, 15) is 4.79 Å². The Morgan fingerprint density at radius 2 is 1.96 bits per heavy atom. The smallest absolute Gasteiger partial charge is 0.266 e. The maximum atomic E-state index is 13.1. The van der Waals surface area contributed by atoms with Crippen LogP contribution in [0.2, 0.25) is 0 Å². The maximum absolute atomic E-state index is 13.1. The lowest BCUT2D eigenvalue weighted by atomic mass is 9.99. The number of hydrogen-bond acceptors (Lipinski definition) is 6. The molecule has 0 radical (unpaired) electrons. The molecule has 4 heterocycles. The summed E-state index contributed by atoms with van der Waals surface area (Å²) in [5.41, 5.74) is 4.69. The van der Waals surface area contributed by atoms with Crippen LogP contribution in [0.3, 0.4) is 0 Å². The molecule has 0 saturated heterocycles. The number of benzene rings is 1. The van der Waals surface area contributed by atoms with Crippen LogP contribution in [0.15, 0.2) is 70.0 Å². The van der Waals surface area contributed by atoms with Crippen LogP contribution in [0.25, 0.3) is 11.0 Å². The third-order valence-electron chi connectivity index (χ3n) is 4.58. The lowest BCUT2D eigenvalue weighted by Gasteiger charge is -2.21. The lowest BCUT2D eigenvalue weighted by Crippen LogP contribution is -2.26. The van der Waals surface area contributed by atoms with Gasteiger partial charge in [0, 0.05) is 24.4 Å². The van der Waals surface area contributed by atoms with E-state index in [4.69, 9.17) is 5.10 Å². The average Bonchev–Trinajstić information content (AvgIpc) is 3.48. The monoisotopic (exact) mass is 390 g/mol. The van der Waals surface area contributed by atoms with E-state index >= 15 is 0 Å². The molecule has 0 saturated carbocycles. The van der Waals surface area contributed by atoms with Crippen molar-refractivity contribution in [1.29, 1.82) is 0 Å². The molecule has 4 aromatic rings. The average molecular weight is 390 g/mol. The van der Waals surface area contributed by atoms with Crippen LogP contribution < -0.4 is 0 Å². The number of hydrazone groups is 1. The quantitative estimate of drug-likeness (QED) is 0.507. The van der Waals surface area contributed by atoms with Crippen molar-refractivity contribution in [1.82, 2.24) is 15.0 Å². The number of aromatic nitrogens is 2. The summed E-state index contributed by atoms with van der Waals surface area (Å²) in [4.78, 5) is 22.5. The largest absolute Gasteiger partial charge is 0.284 e. The highest BCUT2D eigenvalue weighted by atomic mass is 32.1. The summed E-state index contributed by atoms with van der Waals surface area (Å²) in [5, 5.41) is 12.3. The van der Waals surface area contributed by atoms with Crippen LogP contribution in [0.5, 0.6) is 0 Å². The highest BCUT2D eigenvalue weighted by molar-refractivity contribution is 7.12. The molecule has 1 aromatic carbocycles. The van der Waals surface area contributed by atoms with E-state index in [-0.39, 0.29) is 11.9 Å². The SMILES string of the molecule is O=C(c1cccs1)N1N=C(c2ccsc2)C[C@H]1c1ccc2nccnc2c1. The maximum Gasteiger partial charge on any atom is 0.284 e. The van der Waals surface area contributed by atoms with Gasteiger partial charge in [0.25, 0.3) is 5.91 Å². The van der Waals surface area contributed by atoms with Crippen molar-refractivity contribution < 1.29 is 4.79 Å². The Balaban J connectivity index is 1.57. The molecule has 1 atom stereocenters. The fourth-order valence-corrected chi connectivity index (χ4v) is 4.58. The minimum atomic E-state index is -0.152. The van der Waals surface area contributed by atoms with Crippen LogP contribution in [0.1, 0.15) is 33.3 Å². The van der Waals surface area contributed by atoms with Gasteiger partial charge < -0.3 is 0 Å². The second-order valence-electron chi connectivity index (χ2n) is 6.21. The number of hydrogen-bond donors (Lipinski definition) is 0. The Morgan fingerprint density at radius 3 is 2.74 bits per heavy atom. The first-order chi connectivity index (χ1) is 13.3. The molecular weight excluding hydrogens is 376 g/mol. The van der Waals surface area contributed by atoms with Gasteiger partial charge in [-0.25, -0.2) is 5.01 Å². The molecule has 3 aromatic heterocycles. The molecule has 132 valence electrons. The van der Waals surface area contributed by atoms with Crippen molar-refractivity contribution in [2.75, 3.05) is 0 Å². The van der Waals surface area contributed by atoms with Crippen molar-refractivity contribution in [2.45, 2.75) is 12.5 Å². The normalized spacial score (nSPS) is 16.7. The van der Waals surface area contributed by atoms with Gasteiger partial charge in [-0.15, -0.1) is 11.3 Å². The zero-order chi connectivity index (χ0) is 18.2. The molecular formula is C20H14N4OS2. The molecule has 5 rings (SSSR count). The van der Waals surface area contributed by atoms with Crippen molar-refractivity contribution in [3.05, 3.63) is 80.9 Å². The van der Waals surface area contributed by atoms with Crippen LogP contribution in [-0.2, 0) is 0 Å². The van der Waals surface area contributed by atoms with E-state index in [1.54, 1.807) is 28.7 Å². The van der Waals surface area contributed by atoms with E-state index in [1.807, 2.05) is 47.2 Å². The third kappa shape index (κ3) is 2.94. The Hall–Kier alpha value is -2.90. The van der Waals surface area contributed by atoms with E-state index in [0.717, 1.165) is 27.9 Å². The Kier molecular flexibility index (Phi) is 4.03. The first kappa shape index (κ1) is 16.3. The number of nitrogens with zero attached hydrogens (tertiary/aromatic N) is 4. The predicted octanol–water partition coefficient (Wildman–Crippen LogP) is 4.74. The van der Waals surface area contributed by atoms with Crippen molar-refractivity contribution in [3.8, 4) is 0 Å². The van der Waals surface area contributed by atoms with Gasteiger partial charge in [0.05, 0.1) is 27.7 Å². The summed E-state index contributed by atoms with van der Waals surface area (Å²) in [6.07, 6.45) is 4.05. The van der Waals surface area contributed by atoms with Gasteiger partial charge >= 0.3 is 0 Å². The van der Waals surface area contributed by atoms with Crippen LogP contribution in [0, 0.1) is 0 Å². The number of thiophene rings is 2. The summed E-state index contributed by atoms with van der Waals surface area (Å²) < 4.78 is 0. The zero-order valence-electron chi connectivity index (χ0n) is 14.1. The topological polar surface area (TPSA) is 58.5 Å². The van der Waals surface area contributed by atoms with Gasteiger partial charge in [0.15, 0.2) is 0 Å². The first-order valence-electron chi connectivity index (χ1n) is 8.47. The Bertz CT molecular complexity index is 1140. The van der Waals surface area contributed by atoms with Gasteiger partial charge in [0.1, 0.15) is 0 Å². The second kappa shape index (κ2) is 6.68. The summed E-state index contributed by atoms with van der Waals surface area (Å²) in [6.45, 7) is 0. The standard InChI is InChI=1S/C20H14N4OS2/c25-20(19-2-1-8-27-19)24-18(11-16(23-24)14-5-9-26-12-14)13-3-4-15-17(10-13)22-7-6-21-15/h1-10,12,18H,11H2/t18-/m0/s1. The van der Waals surface area contributed by atoms with Crippen molar-refractivity contribution >= 4 is 45.3 Å². The highest BCUT2D eigenvalue weighted by Gasteiger charge is 2.34. The van der Waals surface area contributed by atoms with Crippen LogP contribution in [0.4, 0.5) is 0 Å². The molecule has 7 heteroatoms. The fraction of sp³-hybridized carbons (Fsp3) is 0.100. The van der Waals surface area contributed by atoms with Gasteiger partial charge in [-0.05, 0) is 46.0 Å². The second-order valence-corrected chi connectivity index (χ2v) is 7.94. The van der Waals surface area contributed by atoms with Gasteiger partial charge in [-0.2, -0.15) is 16.4 Å². The molecule has 27 heavy (non-hydrogen) atoms. The molecule has 0 fully saturated rings. The summed E-state index contributed by atoms with van der Waals surface area (Å²) >= 11 is 3.07. The van der Waals surface area contributed by atoms with Crippen molar-refractivity contribution in [2.24, 2.45) is 5.10 Å². The zero-order valence-corrected chi connectivity index (χ0v) is 15.8. The Morgan fingerprint density at radius 1 is 1.07 bits per heavy atom. The van der Waals surface area contributed by atoms with Gasteiger partial charge in [0.2, 0.25) is 0 Å². The van der Waals surface area contributed by atoms with Gasteiger partial charge in [-0.1, -0.05) is 12.1 Å². The Labute approximate surface area is 163 Å². The molecule has 0 aliphatic carbocycles. The van der Waals surface area contributed by atoms with E-state index in [1.165, 1.54) is 11.3 Å². The van der Waals surface area contributed by atoms with Crippen LogP contribution >= 0.6 is 22.7 Å². The summed E-state index contributed by atoms with van der Waals surface area (Å²) in [6, 6.07) is 11.6. The summed E-state index contributed by atoms with van der Waals surface area (Å²) in [7, 11) is 0. The van der Waals surface area contributed by atoms with E-state index < -0.39 is 0 Å². The van der Waals surface area contributed by atoms with Crippen LogP contribution in [-0.4, -0.2) is 26.6 Å².